The van der Waals surface area contributed by atoms with Gasteiger partial charge in [0, 0.05) is 5.92 Å². The van der Waals surface area contributed by atoms with Crippen molar-refractivity contribution < 1.29 is 9.47 Å². The third-order valence-electron chi connectivity index (χ3n) is 6.24. The number of hydrogen-bond acceptors (Lipinski definition) is 2. The summed E-state index contributed by atoms with van der Waals surface area (Å²) in [6.07, 6.45) is 2.14. The Morgan fingerprint density at radius 2 is 1.10 bits per heavy atom. The Morgan fingerprint density at radius 1 is 0.724 bits per heavy atom. The summed E-state index contributed by atoms with van der Waals surface area (Å²) in [5.41, 5.74) is 0. The second kappa shape index (κ2) is 8.79. The van der Waals surface area contributed by atoms with Gasteiger partial charge in [0.2, 0.25) is 0 Å². The summed E-state index contributed by atoms with van der Waals surface area (Å²) >= 11 is 0. The SMILES string of the molecule is CC(CC[P+](c1ccccc1)(c1ccccc1)c1ccccc1)C1(C)OCCO1. The topological polar surface area (TPSA) is 18.5 Å². The lowest BCUT2D eigenvalue weighted by atomic mass is 10.00. The Bertz CT molecular complexity index is 793. The van der Waals surface area contributed by atoms with Crippen LogP contribution in [-0.2, 0) is 9.47 Å². The Kier molecular flexibility index (Phi) is 6.15. The highest BCUT2D eigenvalue weighted by Crippen LogP contribution is 2.56. The molecular formula is C26H30O2P+. The molecule has 0 N–H and O–H groups in total. The van der Waals surface area contributed by atoms with Gasteiger partial charge < -0.3 is 9.47 Å². The van der Waals surface area contributed by atoms with Crippen molar-refractivity contribution in [3.63, 3.8) is 0 Å². The van der Waals surface area contributed by atoms with Gasteiger partial charge in [0.15, 0.2) is 5.79 Å². The van der Waals surface area contributed by atoms with E-state index in [2.05, 4.69) is 105 Å². The minimum atomic E-state index is -1.79. The molecule has 3 aromatic rings. The maximum absolute atomic E-state index is 5.97. The molecule has 3 heteroatoms. The van der Waals surface area contributed by atoms with Crippen LogP contribution < -0.4 is 15.9 Å². The van der Waals surface area contributed by atoms with Gasteiger partial charge in [0.25, 0.3) is 0 Å². The zero-order valence-corrected chi connectivity index (χ0v) is 18.2. The van der Waals surface area contributed by atoms with Crippen LogP contribution in [-0.4, -0.2) is 25.2 Å². The van der Waals surface area contributed by atoms with Crippen molar-refractivity contribution in [1.82, 2.24) is 0 Å². The molecule has 1 saturated heterocycles. The molecule has 0 radical (unpaired) electrons. The van der Waals surface area contributed by atoms with E-state index in [1.165, 1.54) is 15.9 Å². The molecule has 4 rings (SSSR count). The molecule has 0 bridgehead atoms. The lowest BCUT2D eigenvalue weighted by Gasteiger charge is -2.33. The summed E-state index contributed by atoms with van der Waals surface area (Å²) in [7, 11) is -1.79. The minimum Gasteiger partial charge on any atom is -0.348 e. The summed E-state index contributed by atoms with van der Waals surface area (Å²) in [6, 6.07) is 33.2. The van der Waals surface area contributed by atoms with Gasteiger partial charge in [-0.15, -0.1) is 0 Å². The van der Waals surface area contributed by atoms with Crippen molar-refractivity contribution in [2.75, 3.05) is 19.4 Å². The van der Waals surface area contributed by atoms with E-state index in [9.17, 15) is 0 Å². The van der Waals surface area contributed by atoms with Crippen LogP contribution in [0.1, 0.15) is 20.3 Å². The van der Waals surface area contributed by atoms with Crippen molar-refractivity contribution in [3.8, 4) is 0 Å². The van der Waals surface area contributed by atoms with E-state index in [1.54, 1.807) is 0 Å². The Hall–Kier alpha value is -1.99. The molecule has 0 spiro atoms. The maximum Gasteiger partial charge on any atom is 0.168 e. The second-order valence-corrected chi connectivity index (χ2v) is 11.6. The molecule has 1 aliphatic heterocycles. The fourth-order valence-corrected chi connectivity index (χ4v) is 8.83. The molecule has 1 fully saturated rings. The smallest absolute Gasteiger partial charge is 0.168 e. The van der Waals surface area contributed by atoms with E-state index >= 15 is 0 Å². The third-order valence-corrected chi connectivity index (χ3v) is 10.7. The first-order valence-corrected chi connectivity index (χ1v) is 12.5. The Labute approximate surface area is 175 Å². The molecule has 1 heterocycles. The minimum absolute atomic E-state index is 0.320. The van der Waals surface area contributed by atoms with E-state index < -0.39 is 13.0 Å². The molecule has 0 aromatic heterocycles. The lowest BCUT2D eigenvalue weighted by Crippen LogP contribution is -2.38. The van der Waals surface area contributed by atoms with Crippen molar-refractivity contribution in [2.24, 2.45) is 5.92 Å². The summed E-state index contributed by atoms with van der Waals surface area (Å²) in [6.45, 7) is 5.74. The zero-order valence-electron chi connectivity index (χ0n) is 17.3. The van der Waals surface area contributed by atoms with Gasteiger partial charge in [-0.2, -0.15) is 0 Å². The number of rotatable bonds is 7. The molecule has 150 valence electrons. The molecule has 1 aliphatic rings. The molecule has 0 amide bonds. The van der Waals surface area contributed by atoms with Gasteiger partial charge in [0.1, 0.15) is 23.2 Å². The van der Waals surface area contributed by atoms with E-state index in [0.717, 1.165) is 12.6 Å². The van der Waals surface area contributed by atoms with E-state index in [0.29, 0.717) is 19.1 Å². The standard InChI is InChI=1S/C26H30O2P/c1-22(26(2)27-19-20-28-26)18-21-29(23-12-6-3-7-13-23,24-14-8-4-9-15-24)25-16-10-5-11-17-25/h3-17,22H,18-21H2,1-2H3/q+1. The highest BCUT2D eigenvalue weighted by molar-refractivity contribution is 7.95. The highest BCUT2D eigenvalue weighted by Gasteiger charge is 2.47. The molecule has 0 aliphatic carbocycles. The fourth-order valence-electron chi connectivity index (χ4n) is 4.35. The predicted octanol–water partition coefficient (Wildman–Crippen LogP) is 4.77. The van der Waals surface area contributed by atoms with Gasteiger partial charge in [0.05, 0.1) is 19.4 Å². The van der Waals surface area contributed by atoms with Crippen molar-refractivity contribution in [3.05, 3.63) is 91.0 Å². The Morgan fingerprint density at radius 3 is 1.48 bits per heavy atom. The van der Waals surface area contributed by atoms with Gasteiger partial charge in [-0.05, 0) is 49.7 Å². The normalized spacial score (nSPS) is 17.2. The van der Waals surface area contributed by atoms with Crippen LogP contribution in [0.5, 0.6) is 0 Å². The van der Waals surface area contributed by atoms with E-state index in [-0.39, 0.29) is 0 Å². The second-order valence-electron chi connectivity index (χ2n) is 7.94. The largest absolute Gasteiger partial charge is 0.348 e. The van der Waals surface area contributed by atoms with E-state index in [1.807, 2.05) is 0 Å². The molecule has 1 unspecified atom stereocenters. The number of ether oxygens (including phenoxy) is 2. The van der Waals surface area contributed by atoms with Crippen molar-refractivity contribution in [2.45, 2.75) is 26.1 Å². The van der Waals surface area contributed by atoms with Crippen LogP contribution >= 0.6 is 7.26 Å². The quantitative estimate of drug-likeness (QED) is 0.527. The molecule has 2 nitrogen and oxygen atoms in total. The lowest BCUT2D eigenvalue weighted by molar-refractivity contribution is -0.177. The van der Waals surface area contributed by atoms with Crippen LogP contribution in [0.25, 0.3) is 0 Å². The summed E-state index contributed by atoms with van der Waals surface area (Å²) in [4.78, 5) is 0. The first kappa shape index (κ1) is 20.3. The zero-order chi connectivity index (χ0) is 20.2. The van der Waals surface area contributed by atoms with Gasteiger partial charge >= 0.3 is 0 Å². The Balaban J connectivity index is 1.79. The van der Waals surface area contributed by atoms with Crippen molar-refractivity contribution >= 4 is 23.2 Å². The third kappa shape index (κ3) is 4.03. The molecule has 3 aromatic carbocycles. The molecule has 29 heavy (non-hydrogen) atoms. The number of hydrogen-bond donors (Lipinski definition) is 0. The molecular weight excluding hydrogens is 375 g/mol. The first-order valence-electron chi connectivity index (χ1n) is 10.5. The monoisotopic (exact) mass is 405 g/mol. The maximum atomic E-state index is 5.97. The summed E-state index contributed by atoms with van der Waals surface area (Å²) in [5, 5.41) is 4.30. The van der Waals surface area contributed by atoms with Crippen LogP contribution in [0, 0.1) is 5.92 Å². The summed E-state index contributed by atoms with van der Waals surface area (Å²) < 4.78 is 11.9. The van der Waals surface area contributed by atoms with Gasteiger partial charge in [-0.25, -0.2) is 0 Å². The van der Waals surface area contributed by atoms with Crippen molar-refractivity contribution in [1.29, 1.82) is 0 Å². The average molecular weight is 405 g/mol. The van der Waals surface area contributed by atoms with E-state index in [4.69, 9.17) is 9.47 Å². The number of benzene rings is 3. The predicted molar refractivity (Wildman–Crippen MR) is 124 cm³/mol. The van der Waals surface area contributed by atoms with Gasteiger partial charge in [-0.3, -0.25) is 0 Å². The first-order chi connectivity index (χ1) is 14.2. The van der Waals surface area contributed by atoms with Crippen LogP contribution in [0.2, 0.25) is 0 Å². The molecule has 0 saturated carbocycles. The molecule has 1 atom stereocenters. The average Bonchev–Trinajstić information content (AvgIpc) is 3.24. The van der Waals surface area contributed by atoms with Crippen LogP contribution in [0.3, 0.4) is 0 Å². The summed E-state index contributed by atoms with van der Waals surface area (Å²) in [5.74, 6) is -0.153. The van der Waals surface area contributed by atoms with Crippen LogP contribution in [0.15, 0.2) is 91.0 Å². The fraction of sp³-hybridized carbons (Fsp3) is 0.308. The highest BCUT2D eigenvalue weighted by atomic mass is 31.2. The van der Waals surface area contributed by atoms with Gasteiger partial charge in [-0.1, -0.05) is 61.5 Å². The van der Waals surface area contributed by atoms with Crippen LogP contribution in [0.4, 0.5) is 0 Å².